The first kappa shape index (κ1) is 18.6. The maximum Gasteiger partial charge on any atom is 0.142 e. The highest BCUT2D eigenvalue weighted by molar-refractivity contribution is 5.87. The van der Waals surface area contributed by atoms with Crippen molar-refractivity contribution in [3.63, 3.8) is 0 Å². The summed E-state index contributed by atoms with van der Waals surface area (Å²) in [6, 6.07) is 11.1. The van der Waals surface area contributed by atoms with Crippen molar-refractivity contribution < 1.29 is 0 Å². The molecule has 4 rings (SSSR count). The molecule has 0 bridgehead atoms. The molecule has 2 aromatic heterocycles. The Morgan fingerprint density at radius 2 is 1.79 bits per heavy atom. The van der Waals surface area contributed by atoms with E-state index in [2.05, 4.69) is 67.9 Å². The Morgan fingerprint density at radius 1 is 1.04 bits per heavy atom. The van der Waals surface area contributed by atoms with Gasteiger partial charge in [0.05, 0.1) is 5.39 Å². The predicted octanol–water partition coefficient (Wildman–Crippen LogP) is 4.50. The molecule has 1 aliphatic carbocycles. The van der Waals surface area contributed by atoms with Gasteiger partial charge in [-0.2, -0.15) is 0 Å². The maximum absolute atomic E-state index is 4.55. The third-order valence-corrected chi connectivity index (χ3v) is 6.09. The molecule has 1 fully saturated rings. The zero-order valence-corrected chi connectivity index (χ0v) is 16.8. The molecule has 148 valence electrons. The van der Waals surface area contributed by atoms with E-state index in [1.165, 1.54) is 37.8 Å². The topological polar surface area (TPSA) is 68.9 Å². The van der Waals surface area contributed by atoms with Crippen LogP contribution in [0, 0.1) is 5.92 Å². The number of aromatic nitrogens is 3. The fourth-order valence-electron chi connectivity index (χ4n) is 4.31. The lowest BCUT2D eigenvalue weighted by atomic mass is 9.83. The third-order valence-electron chi connectivity index (χ3n) is 6.09. The van der Waals surface area contributed by atoms with Crippen molar-refractivity contribution in [1.82, 2.24) is 15.0 Å². The smallest absolute Gasteiger partial charge is 0.142 e. The lowest BCUT2D eigenvalue weighted by Crippen LogP contribution is -2.36. The molecule has 3 aromatic rings. The number of hydrogen-bond donors (Lipinski definition) is 3. The molecule has 1 saturated carbocycles. The van der Waals surface area contributed by atoms with E-state index in [-0.39, 0.29) is 0 Å². The molecule has 0 atom stereocenters. The minimum Gasteiger partial charge on any atom is -0.388 e. The highest BCUT2D eigenvalue weighted by atomic mass is 15.2. The van der Waals surface area contributed by atoms with E-state index in [9.17, 15) is 0 Å². The SMILES string of the molecule is CNc1ccc(NCCC2CCC(N(C)c3ncnc4[nH]ccc34)CC2)cc1. The van der Waals surface area contributed by atoms with Gasteiger partial charge in [-0.05, 0) is 68.4 Å². The summed E-state index contributed by atoms with van der Waals surface area (Å²) >= 11 is 0. The number of nitrogens with one attached hydrogen (secondary N) is 3. The number of fused-ring (bicyclic) bond motifs is 1. The Bertz CT molecular complexity index is 879. The largest absolute Gasteiger partial charge is 0.388 e. The van der Waals surface area contributed by atoms with Gasteiger partial charge in [0.2, 0.25) is 0 Å². The summed E-state index contributed by atoms with van der Waals surface area (Å²) in [5.74, 6) is 1.85. The van der Waals surface area contributed by atoms with E-state index < -0.39 is 0 Å². The molecular weight excluding hydrogens is 348 g/mol. The van der Waals surface area contributed by atoms with Crippen molar-refractivity contribution >= 4 is 28.2 Å². The first-order valence-corrected chi connectivity index (χ1v) is 10.3. The van der Waals surface area contributed by atoms with Crippen LogP contribution in [-0.2, 0) is 0 Å². The fraction of sp³-hybridized carbons (Fsp3) is 0.455. The average Bonchev–Trinajstić information content (AvgIpc) is 3.23. The van der Waals surface area contributed by atoms with Crippen LogP contribution in [0.4, 0.5) is 17.2 Å². The molecule has 6 nitrogen and oxygen atoms in total. The van der Waals surface area contributed by atoms with Crippen LogP contribution < -0.4 is 15.5 Å². The lowest BCUT2D eigenvalue weighted by Gasteiger charge is -2.35. The van der Waals surface area contributed by atoms with E-state index in [0.717, 1.165) is 35.0 Å². The van der Waals surface area contributed by atoms with Crippen molar-refractivity contribution in [2.24, 2.45) is 5.92 Å². The second-order valence-corrected chi connectivity index (χ2v) is 7.77. The number of benzene rings is 1. The normalized spacial score (nSPS) is 19.5. The molecule has 2 heterocycles. The van der Waals surface area contributed by atoms with Crippen molar-refractivity contribution in [3.05, 3.63) is 42.9 Å². The number of anilines is 3. The highest BCUT2D eigenvalue weighted by Crippen LogP contribution is 2.32. The van der Waals surface area contributed by atoms with Gasteiger partial charge in [-0.25, -0.2) is 9.97 Å². The van der Waals surface area contributed by atoms with Crippen LogP contribution in [-0.4, -0.2) is 41.6 Å². The van der Waals surface area contributed by atoms with Gasteiger partial charge in [0, 0.05) is 44.3 Å². The van der Waals surface area contributed by atoms with Crippen LogP contribution in [0.3, 0.4) is 0 Å². The summed E-state index contributed by atoms with van der Waals surface area (Å²) in [5, 5.41) is 7.83. The van der Waals surface area contributed by atoms with Crippen LogP contribution in [0.5, 0.6) is 0 Å². The number of rotatable bonds is 7. The summed E-state index contributed by atoms with van der Waals surface area (Å²) in [6.45, 7) is 1.04. The molecule has 0 radical (unpaired) electrons. The van der Waals surface area contributed by atoms with E-state index in [4.69, 9.17) is 0 Å². The fourth-order valence-corrected chi connectivity index (χ4v) is 4.31. The lowest BCUT2D eigenvalue weighted by molar-refractivity contribution is 0.310. The van der Waals surface area contributed by atoms with Crippen LogP contribution in [0.25, 0.3) is 11.0 Å². The molecule has 0 spiro atoms. The second-order valence-electron chi connectivity index (χ2n) is 7.77. The summed E-state index contributed by atoms with van der Waals surface area (Å²) < 4.78 is 0. The number of nitrogens with zero attached hydrogens (tertiary/aromatic N) is 3. The Balaban J connectivity index is 1.25. The average molecular weight is 379 g/mol. The van der Waals surface area contributed by atoms with Crippen LogP contribution in [0.1, 0.15) is 32.1 Å². The highest BCUT2D eigenvalue weighted by Gasteiger charge is 2.25. The Kier molecular flexibility index (Phi) is 5.65. The van der Waals surface area contributed by atoms with E-state index in [1.54, 1.807) is 6.33 Å². The second kappa shape index (κ2) is 8.50. The summed E-state index contributed by atoms with van der Waals surface area (Å²) in [5.41, 5.74) is 3.26. The molecule has 0 saturated heterocycles. The first-order chi connectivity index (χ1) is 13.7. The van der Waals surface area contributed by atoms with E-state index >= 15 is 0 Å². The Labute approximate surface area is 166 Å². The molecule has 0 amide bonds. The molecular formula is C22H30N6. The Morgan fingerprint density at radius 3 is 2.54 bits per heavy atom. The minimum absolute atomic E-state index is 0.561. The van der Waals surface area contributed by atoms with Gasteiger partial charge >= 0.3 is 0 Å². The van der Waals surface area contributed by atoms with Crippen molar-refractivity contribution in [1.29, 1.82) is 0 Å². The van der Waals surface area contributed by atoms with Gasteiger partial charge in [-0.15, -0.1) is 0 Å². The molecule has 0 unspecified atom stereocenters. The molecule has 1 aliphatic rings. The van der Waals surface area contributed by atoms with Crippen LogP contribution >= 0.6 is 0 Å². The van der Waals surface area contributed by atoms with Gasteiger partial charge < -0.3 is 20.5 Å². The first-order valence-electron chi connectivity index (χ1n) is 10.3. The number of H-pyrrole nitrogens is 1. The van der Waals surface area contributed by atoms with Crippen molar-refractivity contribution in [2.75, 3.05) is 36.2 Å². The zero-order chi connectivity index (χ0) is 19.3. The standard InChI is InChI=1S/C22H30N6/c1-23-17-5-7-18(8-6-17)24-13-11-16-3-9-19(10-4-16)28(2)22-20-12-14-25-21(20)26-15-27-22/h5-8,12,14-16,19,23-24H,3-4,9-11,13H2,1-2H3,(H,25,26,27). The van der Waals surface area contributed by atoms with Gasteiger partial charge in [-0.3, -0.25) is 0 Å². The van der Waals surface area contributed by atoms with Crippen molar-refractivity contribution in [2.45, 2.75) is 38.1 Å². The molecule has 0 aliphatic heterocycles. The maximum atomic E-state index is 4.55. The van der Waals surface area contributed by atoms with E-state index in [0.29, 0.717) is 6.04 Å². The number of hydrogen-bond acceptors (Lipinski definition) is 5. The van der Waals surface area contributed by atoms with Crippen LogP contribution in [0.15, 0.2) is 42.9 Å². The Hall–Kier alpha value is -2.76. The van der Waals surface area contributed by atoms with Crippen molar-refractivity contribution in [3.8, 4) is 0 Å². The number of aromatic amines is 1. The molecule has 6 heteroatoms. The van der Waals surface area contributed by atoms with Gasteiger partial charge in [-0.1, -0.05) is 0 Å². The minimum atomic E-state index is 0.561. The summed E-state index contributed by atoms with van der Waals surface area (Å²) in [7, 11) is 4.12. The van der Waals surface area contributed by atoms with Gasteiger partial charge in [0.15, 0.2) is 0 Å². The van der Waals surface area contributed by atoms with Crippen LogP contribution in [0.2, 0.25) is 0 Å². The molecule has 1 aromatic carbocycles. The monoisotopic (exact) mass is 378 g/mol. The quantitative estimate of drug-likeness (QED) is 0.565. The zero-order valence-electron chi connectivity index (χ0n) is 16.8. The third kappa shape index (κ3) is 4.06. The van der Waals surface area contributed by atoms with E-state index in [1.807, 2.05) is 13.2 Å². The predicted molar refractivity (Wildman–Crippen MR) is 117 cm³/mol. The van der Waals surface area contributed by atoms with Gasteiger partial charge in [0.25, 0.3) is 0 Å². The summed E-state index contributed by atoms with van der Waals surface area (Å²) in [6.07, 6.45) is 9.87. The van der Waals surface area contributed by atoms with Gasteiger partial charge in [0.1, 0.15) is 17.8 Å². The molecule has 3 N–H and O–H groups in total. The summed E-state index contributed by atoms with van der Waals surface area (Å²) in [4.78, 5) is 14.4. The molecule has 28 heavy (non-hydrogen) atoms.